The van der Waals surface area contributed by atoms with Gasteiger partial charge in [0.15, 0.2) is 0 Å². The third kappa shape index (κ3) is 4.88. The van der Waals surface area contributed by atoms with E-state index in [-0.39, 0.29) is 0 Å². The number of benzene rings is 6. The fraction of sp³-hybridized carbons (Fsp3) is 0.102. The van der Waals surface area contributed by atoms with E-state index in [1.807, 2.05) is 0 Å². The molecule has 3 heteroatoms. The predicted octanol–water partition coefficient (Wildman–Crippen LogP) is 13.0. The Balaban J connectivity index is 1.19. The number of anilines is 1. The standard InChI is InChI=1S/C49H37NO2/c1-4-15-33(16-5-1)38-21-14-24-43-48(38)52-47-32-36(27-29-42(47)49(43)40-22-10-12-25-45(40)51-46-26-13-11-23-41(46)49)35-28-30-44(50-37-19-8-3-9-20-37)39(31-35)34-17-6-2-7-18-34/h2,4,6-8,10-32,50H,1,3,5,9H2. The SMILES string of the molecule is C1=CC(Nc2ccc(-c3ccc4c(c3)Oc3c(C5=CCCC=C5)cccc3C43c4ccccc4Oc4ccccc43)cc2-c2ccccc2)=CCC1. The van der Waals surface area contributed by atoms with E-state index < -0.39 is 5.41 Å². The molecule has 10 rings (SSSR count). The average molecular weight is 672 g/mol. The van der Waals surface area contributed by atoms with Crippen molar-refractivity contribution in [2.75, 3.05) is 5.32 Å². The Labute approximate surface area is 304 Å². The van der Waals surface area contributed by atoms with Crippen LogP contribution in [0.25, 0.3) is 27.8 Å². The molecule has 2 aliphatic carbocycles. The van der Waals surface area contributed by atoms with Gasteiger partial charge in [-0.05, 0) is 84.4 Å². The summed E-state index contributed by atoms with van der Waals surface area (Å²) in [6.45, 7) is 0. The maximum atomic E-state index is 7.18. The summed E-state index contributed by atoms with van der Waals surface area (Å²) in [4.78, 5) is 0. The van der Waals surface area contributed by atoms with Crippen LogP contribution in [0.4, 0.5) is 5.69 Å². The van der Waals surface area contributed by atoms with E-state index in [9.17, 15) is 0 Å². The Morgan fingerprint density at radius 1 is 0.462 bits per heavy atom. The van der Waals surface area contributed by atoms with Gasteiger partial charge in [0.2, 0.25) is 0 Å². The average Bonchev–Trinajstić information content (AvgIpc) is 3.21. The zero-order valence-corrected chi connectivity index (χ0v) is 28.8. The molecule has 0 bridgehead atoms. The van der Waals surface area contributed by atoms with Crippen LogP contribution in [0.2, 0.25) is 0 Å². The molecule has 0 saturated carbocycles. The minimum atomic E-state index is -0.647. The number of allylic oxidation sites excluding steroid dienone is 7. The number of hydrogen-bond acceptors (Lipinski definition) is 3. The maximum Gasteiger partial charge on any atom is 0.140 e. The molecule has 2 heterocycles. The molecular weight excluding hydrogens is 635 g/mol. The smallest absolute Gasteiger partial charge is 0.140 e. The van der Waals surface area contributed by atoms with Gasteiger partial charge in [0.25, 0.3) is 0 Å². The van der Waals surface area contributed by atoms with Crippen LogP contribution in [0.15, 0.2) is 176 Å². The molecule has 1 N–H and O–H groups in total. The molecule has 2 aliphatic heterocycles. The molecule has 250 valence electrons. The first kappa shape index (κ1) is 30.5. The second-order valence-electron chi connectivity index (χ2n) is 13.9. The van der Waals surface area contributed by atoms with Crippen LogP contribution in [0.5, 0.6) is 23.0 Å². The minimum absolute atomic E-state index is 0.647. The molecular formula is C49H37NO2. The summed E-state index contributed by atoms with van der Waals surface area (Å²) in [7, 11) is 0. The van der Waals surface area contributed by atoms with Crippen LogP contribution in [-0.4, -0.2) is 0 Å². The van der Waals surface area contributed by atoms with E-state index in [0.717, 1.165) is 105 Å². The van der Waals surface area contributed by atoms with Crippen LogP contribution in [0, 0.1) is 0 Å². The Kier molecular flexibility index (Phi) is 7.31. The summed E-state index contributed by atoms with van der Waals surface area (Å²) in [6, 6.07) is 47.8. The lowest BCUT2D eigenvalue weighted by molar-refractivity contribution is 0.399. The van der Waals surface area contributed by atoms with E-state index in [2.05, 4.69) is 175 Å². The van der Waals surface area contributed by atoms with Gasteiger partial charge in [-0.2, -0.15) is 0 Å². The molecule has 0 atom stereocenters. The first-order chi connectivity index (χ1) is 25.8. The fourth-order valence-corrected chi connectivity index (χ4v) is 8.46. The number of hydrogen-bond donors (Lipinski definition) is 1. The van der Waals surface area contributed by atoms with Crippen molar-refractivity contribution in [3.63, 3.8) is 0 Å². The normalized spacial score (nSPS) is 15.9. The zero-order valence-electron chi connectivity index (χ0n) is 28.8. The fourth-order valence-electron chi connectivity index (χ4n) is 8.46. The quantitative estimate of drug-likeness (QED) is 0.198. The number of nitrogens with one attached hydrogen (secondary N) is 1. The third-order valence-electron chi connectivity index (χ3n) is 10.8. The summed E-state index contributed by atoms with van der Waals surface area (Å²) in [5.74, 6) is 3.48. The van der Waals surface area contributed by atoms with Crippen molar-refractivity contribution in [3.8, 4) is 45.3 Å². The largest absolute Gasteiger partial charge is 0.457 e. The first-order valence-electron chi connectivity index (χ1n) is 18.3. The Bertz CT molecular complexity index is 2450. The van der Waals surface area contributed by atoms with Gasteiger partial charge in [-0.25, -0.2) is 0 Å². The lowest BCUT2D eigenvalue weighted by Gasteiger charge is -2.45. The molecule has 52 heavy (non-hydrogen) atoms. The summed E-state index contributed by atoms with van der Waals surface area (Å²) >= 11 is 0. The summed E-state index contributed by atoms with van der Waals surface area (Å²) in [6.07, 6.45) is 17.7. The van der Waals surface area contributed by atoms with Crippen molar-refractivity contribution in [1.82, 2.24) is 0 Å². The van der Waals surface area contributed by atoms with Gasteiger partial charge in [-0.1, -0.05) is 134 Å². The van der Waals surface area contributed by atoms with Gasteiger partial charge in [0, 0.05) is 44.8 Å². The van der Waals surface area contributed by atoms with Crippen molar-refractivity contribution in [2.24, 2.45) is 0 Å². The highest BCUT2D eigenvalue weighted by Crippen LogP contribution is 2.62. The van der Waals surface area contributed by atoms with Gasteiger partial charge < -0.3 is 14.8 Å². The van der Waals surface area contributed by atoms with E-state index in [0.29, 0.717) is 0 Å². The van der Waals surface area contributed by atoms with E-state index in [1.165, 1.54) is 11.1 Å². The van der Waals surface area contributed by atoms with Crippen LogP contribution >= 0.6 is 0 Å². The van der Waals surface area contributed by atoms with Crippen molar-refractivity contribution < 1.29 is 9.47 Å². The molecule has 0 unspecified atom stereocenters. The maximum absolute atomic E-state index is 7.18. The van der Waals surface area contributed by atoms with Crippen LogP contribution < -0.4 is 14.8 Å². The van der Waals surface area contributed by atoms with Crippen molar-refractivity contribution in [1.29, 1.82) is 0 Å². The number of ether oxygens (including phenoxy) is 2. The topological polar surface area (TPSA) is 30.5 Å². The van der Waals surface area contributed by atoms with Gasteiger partial charge in [-0.3, -0.25) is 0 Å². The molecule has 0 aromatic heterocycles. The lowest BCUT2D eigenvalue weighted by atomic mass is 9.62. The highest BCUT2D eigenvalue weighted by Gasteiger charge is 2.51. The Morgan fingerprint density at radius 2 is 1.13 bits per heavy atom. The molecule has 0 radical (unpaired) electrons. The summed E-state index contributed by atoms with van der Waals surface area (Å²) in [5, 5.41) is 3.71. The Hall–Kier alpha value is -6.32. The van der Waals surface area contributed by atoms with Gasteiger partial charge in [0.05, 0.1) is 5.41 Å². The van der Waals surface area contributed by atoms with E-state index in [4.69, 9.17) is 9.47 Å². The Morgan fingerprint density at radius 3 is 1.88 bits per heavy atom. The minimum Gasteiger partial charge on any atom is -0.457 e. The van der Waals surface area contributed by atoms with E-state index in [1.54, 1.807) is 0 Å². The second kappa shape index (κ2) is 12.5. The zero-order chi connectivity index (χ0) is 34.5. The molecule has 1 spiro atoms. The predicted molar refractivity (Wildman–Crippen MR) is 212 cm³/mol. The van der Waals surface area contributed by atoms with Gasteiger partial charge in [-0.15, -0.1) is 0 Å². The molecule has 4 aliphatic rings. The number of fused-ring (bicyclic) bond motifs is 8. The molecule has 0 fully saturated rings. The highest BCUT2D eigenvalue weighted by molar-refractivity contribution is 5.87. The van der Waals surface area contributed by atoms with E-state index >= 15 is 0 Å². The van der Waals surface area contributed by atoms with Crippen LogP contribution in [0.3, 0.4) is 0 Å². The first-order valence-corrected chi connectivity index (χ1v) is 18.3. The van der Waals surface area contributed by atoms with Gasteiger partial charge >= 0.3 is 0 Å². The van der Waals surface area contributed by atoms with Crippen molar-refractivity contribution in [2.45, 2.75) is 31.1 Å². The van der Waals surface area contributed by atoms with Gasteiger partial charge in [0.1, 0.15) is 23.0 Å². The van der Waals surface area contributed by atoms with Crippen molar-refractivity contribution in [3.05, 3.63) is 203 Å². The second-order valence-corrected chi connectivity index (χ2v) is 13.9. The molecule has 6 aromatic carbocycles. The molecule has 0 amide bonds. The highest BCUT2D eigenvalue weighted by atomic mass is 16.5. The van der Waals surface area contributed by atoms with Crippen molar-refractivity contribution >= 4 is 11.3 Å². The molecule has 3 nitrogen and oxygen atoms in total. The third-order valence-corrected chi connectivity index (χ3v) is 10.8. The summed E-state index contributed by atoms with van der Waals surface area (Å²) < 4.78 is 13.8. The van der Waals surface area contributed by atoms with Crippen LogP contribution in [0.1, 0.15) is 53.5 Å². The summed E-state index contributed by atoms with van der Waals surface area (Å²) in [5.41, 5.74) is 12.9. The lowest BCUT2D eigenvalue weighted by Crippen LogP contribution is -2.37. The number of rotatable bonds is 5. The molecule has 6 aromatic rings. The number of para-hydroxylation sites is 3. The molecule has 0 saturated heterocycles. The van der Waals surface area contributed by atoms with Crippen LogP contribution in [-0.2, 0) is 5.41 Å². The monoisotopic (exact) mass is 671 g/mol.